The molecule has 7 heteroatoms. The first kappa shape index (κ1) is 24.4. The molecular formula is C30H29NO6. The maximum atomic E-state index is 13.5. The Morgan fingerprint density at radius 3 is 2.38 bits per heavy atom. The number of nitrogens with zero attached hydrogens (tertiary/aromatic N) is 1. The Balaban J connectivity index is 1.66. The van der Waals surface area contributed by atoms with E-state index in [4.69, 9.17) is 14.2 Å². The van der Waals surface area contributed by atoms with Gasteiger partial charge < -0.3 is 19.3 Å². The van der Waals surface area contributed by atoms with Crippen LogP contribution >= 0.6 is 0 Å². The highest BCUT2D eigenvalue weighted by molar-refractivity contribution is 6.51. The van der Waals surface area contributed by atoms with Crippen molar-refractivity contribution in [3.05, 3.63) is 88.5 Å². The summed E-state index contributed by atoms with van der Waals surface area (Å²) in [7, 11) is 0. The SMILES string of the molecule is CCOc1ccc(/C(O)=C2\C(=O)C(=O)N(c3ccc4c(c3)OCCO4)C2c2ccc(CC)cc2)cc1C. The number of Topliss-reactive ketones (excluding diaryl/α,β-unsaturated/α-hetero) is 1. The molecule has 2 aliphatic heterocycles. The van der Waals surface area contributed by atoms with Crippen LogP contribution in [0.1, 0.15) is 42.1 Å². The molecule has 7 nitrogen and oxygen atoms in total. The first-order chi connectivity index (χ1) is 17.9. The first-order valence-electron chi connectivity index (χ1n) is 12.5. The minimum atomic E-state index is -0.819. The second kappa shape index (κ2) is 10.0. The summed E-state index contributed by atoms with van der Waals surface area (Å²) >= 11 is 0. The average molecular weight is 500 g/mol. The van der Waals surface area contributed by atoms with Gasteiger partial charge >= 0.3 is 0 Å². The minimum absolute atomic E-state index is 0.0349. The summed E-state index contributed by atoms with van der Waals surface area (Å²) in [5.74, 6) is 0.0960. The summed E-state index contributed by atoms with van der Waals surface area (Å²) in [5, 5.41) is 11.4. The van der Waals surface area contributed by atoms with E-state index in [1.165, 1.54) is 4.90 Å². The van der Waals surface area contributed by atoms with Crippen molar-refractivity contribution in [1.29, 1.82) is 0 Å². The summed E-state index contributed by atoms with van der Waals surface area (Å²) in [6.07, 6.45) is 0.855. The molecule has 0 aromatic heterocycles. The molecule has 0 saturated carbocycles. The van der Waals surface area contributed by atoms with Gasteiger partial charge in [0.2, 0.25) is 0 Å². The highest BCUT2D eigenvalue weighted by Gasteiger charge is 2.47. The number of aryl methyl sites for hydroxylation is 2. The van der Waals surface area contributed by atoms with Gasteiger partial charge in [0, 0.05) is 17.3 Å². The van der Waals surface area contributed by atoms with Crippen molar-refractivity contribution in [2.75, 3.05) is 24.7 Å². The number of amides is 1. The molecule has 3 aromatic rings. The Bertz CT molecular complexity index is 1390. The molecule has 0 spiro atoms. The van der Waals surface area contributed by atoms with Gasteiger partial charge in [-0.15, -0.1) is 0 Å². The Labute approximate surface area is 215 Å². The molecular weight excluding hydrogens is 470 g/mol. The summed E-state index contributed by atoms with van der Waals surface area (Å²) in [4.78, 5) is 28.4. The Morgan fingerprint density at radius 2 is 1.70 bits per heavy atom. The normalized spacial score (nSPS) is 18.2. The number of aliphatic hydroxyl groups excluding tert-OH is 1. The van der Waals surface area contributed by atoms with Crippen LogP contribution in [-0.4, -0.2) is 36.6 Å². The smallest absolute Gasteiger partial charge is 0.300 e. The summed E-state index contributed by atoms with van der Waals surface area (Å²) < 4.78 is 17.0. The summed E-state index contributed by atoms with van der Waals surface area (Å²) in [6, 6.07) is 17.3. The molecule has 3 aromatic carbocycles. The molecule has 190 valence electrons. The van der Waals surface area contributed by atoms with Gasteiger partial charge in [-0.1, -0.05) is 31.2 Å². The molecule has 1 fully saturated rings. The van der Waals surface area contributed by atoms with Gasteiger partial charge in [0.25, 0.3) is 11.7 Å². The Kier molecular flexibility index (Phi) is 6.61. The lowest BCUT2D eigenvalue weighted by Crippen LogP contribution is -2.29. The van der Waals surface area contributed by atoms with E-state index in [-0.39, 0.29) is 11.3 Å². The molecule has 2 heterocycles. The van der Waals surface area contributed by atoms with E-state index in [1.54, 1.807) is 36.4 Å². The van der Waals surface area contributed by atoms with Gasteiger partial charge in [0.15, 0.2) is 11.5 Å². The van der Waals surface area contributed by atoms with E-state index in [9.17, 15) is 14.7 Å². The summed E-state index contributed by atoms with van der Waals surface area (Å²) in [5.41, 5.74) is 3.62. The van der Waals surface area contributed by atoms with Crippen molar-refractivity contribution in [2.45, 2.75) is 33.2 Å². The van der Waals surface area contributed by atoms with E-state index >= 15 is 0 Å². The van der Waals surface area contributed by atoms with Gasteiger partial charge in [-0.25, -0.2) is 0 Å². The molecule has 0 radical (unpaired) electrons. The maximum absolute atomic E-state index is 13.5. The zero-order valence-corrected chi connectivity index (χ0v) is 21.1. The largest absolute Gasteiger partial charge is 0.507 e. The number of ketones is 1. The molecule has 0 aliphatic carbocycles. The van der Waals surface area contributed by atoms with Crippen molar-refractivity contribution in [3.8, 4) is 17.2 Å². The topological polar surface area (TPSA) is 85.3 Å². The third-order valence-electron chi connectivity index (χ3n) is 6.70. The molecule has 1 amide bonds. The van der Waals surface area contributed by atoms with Crippen LogP contribution in [0.4, 0.5) is 5.69 Å². The number of ether oxygens (including phenoxy) is 3. The van der Waals surface area contributed by atoms with Gasteiger partial charge in [-0.2, -0.15) is 0 Å². The lowest BCUT2D eigenvalue weighted by Gasteiger charge is -2.27. The van der Waals surface area contributed by atoms with Gasteiger partial charge in [0.1, 0.15) is 24.7 Å². The van der Waals surface area contributed by atoms with Crippen molar-refractivity contribution in [1.82, 2.24) is 0 Å². The lowest BCUT2D eigenvalue weighted by atomic mass is 9.94. The highest BCUT2D eigenvalue weighted by atomic mass is 16.6. The minimum Gasteiger partial charge on any atom is -0.507 e. The van der Waals surface area contributed by atoms with E-state index in [1.807, 2.05) is 38.1 Å². The molecule has 5 rings (SSSR count). The van der Waals surface area contributed by atoms with E-state index in [2.05, 4.69) is 6.92 Å². The van der Waals surface area contributed by atoms with Crippen LogP contribution in [0.25, 0.3) is 5.76 Å². The third-order valence-corrected chi connectivity index (χ3v) is 6.70. The number of aliphatic hydroxyl groups is 1. The van der Waals surface area contributed by atoms with Crippen molar-refractivity contribution >= 4 is 23.1 Å². The van der Waals surface area contributed by atoms with Crippen molar-refractivity contribution in [2.24, 2.45) is 0 Å². The van der Waals surface area contributed by atoms with Gasteiger partial charge in [0.05, 0.1) is 18.2 Å². The van der Waals surface area contributed by atoms with Crippen LogP contribution < -0.4 is 19.1 Å². The fourth-order valence-electron chi connectivity index (χ4n) is 4.80. The lowest BCUT2D eigenvalue weighted by molar-refractivity contribution is -0.132. The number of hydrogen-bond acceptors (Lipinski definition) is 6. The predicted molar refractivity (Wildman–Crippen MR) is 140 cm³/mol. The van der Waals surface area contributed by atoms with Gasteiger partial charge in [-0.05, 0) is 67.3 Å². The molecule has 1 N–H and O–H groups in total. The Morgan fingerprint density at radius 1 is 0.973 bits per heavy atom. The number of carbonyl (C=O) groups is 2. The fraction of sp³-hybridized carbons (Fsp3) is 0.267. The van der Waals surface area contributed by atoms with Crippen LogP contribution in [0.5, 0.6) is 17.2 Å². The first-order valence-corrected chi connectivity index (χ1v) is 12.5. The van der Waals surface area contributed by atoms with E-state index in [0.717, 1.165) is 23.1 Å². The molecule has 37 heavy (non-hydrogen) atoms. The zero-order valence-electron chi connectivity index (χ0n) is 21.1. The van der Waals surface area contributed by atoms with Gasteiger partial charge in [-0.3, -0.25) is 14.5 Å². The van der Waals surface area contributed by atoms with Crippen molar-refractivity contribution < 1.29 is 28.9 Å². The third kappa shape index (κ3) is 4.42. The number of carbonyl (C=O) groups excluding carboxylic acids is 2. The van der Waals surface area contributed by atoms with E-state index < -0.39 is 17.7 Å². The molecule has 1 unspecified atom stereocenters. The number of anilines is 1. The monoisotopic (exact) mass is 499 g/mol. The van der Waals surface area contributed by atoms with Crippen LogP contribution in [0.2, 0.25) is 0 Å². The number of rotatable bonds is 6. The van der Waals surface area contributed by atoms with Crippen LogP contribution in [0.15, 0.2) is 66.2 Å². The molecule has 1 saturated heterocycles. The summed E-state index contributed by atoms with van der Waals surface area (Å²) in [6.45, 7) is 7.19. The second-order valence-electron chi connectivity index (χ2n) is 9.01. The average Bonchev–Trinajstić information content (AvgIpc) is 3.19. The highest BCUT2D eigenvalue weighted by Crippen LogP contribution is 2.44. The molecule has 1 atom stereocenters. The predicted octanol–water partition coefficient (Wildman–Crippen LogP) is 5.35. The van der Waals surface area contributed by atoms with E-state index in [0.29, 0.717) is 48.3 Å². The number of hydrogen-bond donors (Lipinski definition) is 1. The second-order valence-corrected chi connectivity index (χ2v) is 9.01. The maximum Gasteiger partial charge on any atom is 0.300 e. The fourth-order valence-corrected chi connectivity index (χ4v) is 4.80. The zero-order chi connectivity index (χ0) is 26.1. The van der Waals surface area contributed by atoms with Crippen LogP contribution in [0, 0.1) is 6.92 Å². The quantitative estimate of drug-likeness (QED) is 0.279. The number of fused-ring (bicyclic) bond motifs is 1. The Hall–Kier alpha value is -4.26. The molecule has 0 bridgehead atoms. The number of benzene rings is 3. The standard InChI is InChI=1S/C30H29NO6/c1-4-19-6-8-20(9-7-19)27-26(28(32)21-10-12-23(35-5-2)18(3)16-21)29(33)30(34)31(27)22-11-13-24-25(17-22)37-15-14-36-24/h6-13,16-17,27,32H,4-5,14-15H2,1-3H3/b28-26+. The van der Waals surface area contributed by atoms with Crippen LogP contribution in [-0.2, 0) is 16.0 Å². The van der Waals surface area contributed by atoms with Crippen LogP contribution in [0.3, 0.4) is 0 Å². The van der Waals surface area contributed by atoms with Crippen molar-refractivity contribution in [3.63, 3.8) is 0 Å². The molecule has 2 aliphatic rings.